The first-order chi connectivity index (χ1) is 10.2. The number of halogens is 2. The summed E-state index contributed by atoms with van der Waals surface area (Å²) in [5.74, 6) is 0.0774. The van der Waals surface area contributed by atoms with Gasteiger partial charge in [-0.05, 0) is 31.5 Å². The number of Topliss-reactive ketones (excluding diaryl/α,β-unsaturated/α-hetero) is 1. The Morgan fingerprint density at radius 3 is 2.78 bits per heavy atom. The Bertz CT molecular complexity index is 712. The molecule has 1 aromatic carbocycles. The zero-order valence-corrected chi connectivity index (χ0v) is 16.2. The molecule has 1 N–H and O–H groups in total. The lowest BCUT2D eigenvalue weighted by molar-refractivity contribution is -0.120. The standard InChI is InChI=1S/C16H19N3O2.2BrH/c20-13(9-12-5-3-4-8-17-12)10-19-11-18-15-7-2-1-6-14(15)16(19)21;;/h1-2,6-7,11-12,17H,3-5,8-10H2;2*1H/t12-;;/m0../s1. The molecule has 1 fully saturated rings. The van der Waals surface area contributed by atoms with Crippen LogP contribution in [0.1, 0.15) is 25.7 Å². The van der Waals surface area contributed by atoms with Crippen LogP contribution in [0, 0.1) is 0 Å². The van der Waals surface area contributed by atoms with Crippen LogP contribution in [0.5, 0.6) is 0 Å². The number of hydrogen-bond donors (Lipinski definition) is 1. The van der Waals surface area contributed by atoms with E-state index in [9.17, 15) is 9.59 Å². The van der Waals surface area contributed by atoms with Gasteiger partial charge in [0.25, 0.3) is 5.56 Å². The number of carbonyl (C=O) groups excluding carboxylic acids is 1. The van der Waals surface area contributed by atoms with E-state index in [1.807, 2.05) is 12.1 Å². The van der Waals surface area contributed by atoms with Gasteiger partial charge in [-0.2, -0.15) is 0 Å². The van der Waals surface area contributed by atoms with Crippen molar-refractivity contribution in [2.45, 2.75) is 38.3 Å². The van der Waals surface area contributed by atoms with Gasteiger partial charge in [-0.15, -0.1) is 34.0 Å². The molecule has 3 rings (SSSR count). The van der Waals surface area contributed by atoms with E-state index in [0.29, 0.717) is 17.3 Å². The number of hydrogen-bond acceptors (Lipinski definition) is 4. The zero-order valence-electron chi connectivity index (χ0n) is 12.7. The van der Waals surface area contributed by atoms with Crippen LogP contribution in [0.15, 0.2) is 35.4 Å². The second kappa shape index (κ2) is 9.30. The van der Waals surface area contributed by atoms with Crippen LogP contribution in [0.3, 0.4) is 0 Å². The third-order valence-corrected chi connectivity index (χ3v) is 3.96. The average molecular weight is 447 g/mol. The van der Waals surface area contributed by atoms with Gasteiger partial charge in [-0.1, -0.05) is 18.6 Å². The number of aromatic nitrogens is 2. The Kier molecular flexibility index (Phi) is 8.08. The third-order valence-electron chi connectivity index (χ3n) is 3.96. The lowest BCUT2D eigenvalue weighted by atomic mass is 10.00. The van der Waals surface area contributed by atoms with E-state index in [2.05, 4.69) is 10.3 Å². The highest BCUT2D eigenvalue weighted by atomic mass is 79.9. The predicted octanol–water partition coefficient (Wildman–Crippen LogP) is 2.65. The highest BCUT2D eigenvalue weighted by molar-refractivity contribution is 8.93. The van der Waals surface area contributed by atoms with Crippen LogP contribution < -0.4 is 10.9 Å². The van der Waals surface area contributed by atoms with Crippen molar-refractivity contribution >= 4 is 50.6 Å². The van der Waals surface area contributed by atoms with E-state index in [1.165, 1.54) is 23.7 Å². The summed E-state index contributed by atoms with van der Waals surface area (Å²) in [5.41, 5.74) is 0.519. The molecule has 0 aliphatic carbocycles. The van der Waals surface area contributed by atoms with Crippen molar-refractivity contribution in [1.29, 1.82) is 0 Å². The Morgan fingerprint density at radius 2 is 2.04 bits per heavy atom. The predicted molar refractivity (Wildman–Crippen MR) is 102 cm³/mol. The quantitative estimate of drug-likeness (QED) is 0.783. The lowest BCUT2D eigenvalue weighted by Crippen LogP contribution is -2.37. The van der Waals surface area contributed by atoms with E-state index < -0.39 is 0 Å². The molecule has 0 bridgehead atoms. The third kappa shape index (κ3) is 4.96. The van der Waals surface area contributed by atoms with Crippen molar-refractivity contribution in [2.75, 3.05) is 6.54 Å². The summed E-state index contributed by atoms with van der Waals surface area (Å²) in [6, 6.07) is 7.46. The number of para-hydroxylation sites is 1. The van der Waals surface area contributed by atoms with Crippen molar-refractivity contribution in [3.8, 4) is 0 Å². The zero-order chi connectivity index (χ0) is 14.7. The minimum Gasteiger partial charge on any atom is -0.314 e. The number of ketones is 1. The van der Waals surface area contributed by atoms with Crippen LogP contribution >= 0.6 is 34.0 Å². The molecule has 1 atom stereocenters. The molecule has 0 unspecified atom stereocenters. The monoisotopic (exact) mass is 445 g/mol. The van der Waals surface area contributed by atoms with Gasteiger partial charge in [-0.3, -0.25) is 14.2 Å². The van der Waals surface area contributed by atoms with Crippen molar-refractivity contribution in [3.63, 3.8) is 0 Å². The summed E-state index contributed by atoms with van der Waals surface area (Å²) in [7, 11) is 0. The SMILES string of the molecule is Br.Br.O=C(C[C@@H]1CCCCN1)Cn1cnc2ccccc2c1=O. The molecule has 2 aromatic rings. The lowest BCUT2D eigenvalue weighted by Gasteiger charge is -2.22. The molecule has 1 aromatic heterocycles. The van der Waals surface area contributed by atoms with E-state index in [4.69, 9.17) is 0 Å². The second-order valence-electron chi connectivity index (χ2n) is 5.58. The van der Waals surface area contributed by atoms with Gasteiger partial charge in [0.1, 0.15) is 0 Å². The average Bonchev–Trinajstić information content (AvgIpc) is 2.51. The number of benzene rings is 1. The maximum atomic E-state index is 12.3. The second-order valence-corrected chi connectivity index (χ2v) is 5.58. The Hall–Kier alpha value is -1.05. The fourth-order valence-electron chi connectivity index (χ4n) is 2.85. The molecule has 1 aliphatic heterocycles. The first-order valence-electron chi connectivity index (χ1n) is 7.43. The summed E-state index contributed by atoms with van der Waals surface area (Å²) >= 11 is 0. The minimum absolute atomic E-state index is 0. The maximum absolute atomic E-state index is 12.3. The Labute approximate surface area is 156 Å². The summed E-state index contributed by atoms with van der Waals surface area (Å²) in [4.78, 5) is 28.7. The van der Waals surface area contributed by atoms with E-state index in [0.717, 1.165) is 13.0 Å². The van der Waals surface area contributed by atoms with Gasteiger partial charge in [0.05, 0.1) is 23.8 Å². The van der Waals surface area contributed by atoms with E-state index >= 15 is 0 Å². The molecule has 2 heterocycles. The summed E-state index contributed by atoms with van der Waals surface area (Å²) in [5, 5.41) is 3.92. The first-order valence-corrected chi connectivity index (χ1v) is 7.43. The fraction of sp³-hybridized carbons (Fsp3) is 0.438. The molecule has 0 spiro atoms. The highest BCUT2D eigenvalue weighted by Gasteiger charge is 2.17. The molecule has 1 saturated heterocycles. The van der Waals surface area contributed by atoms with Crippen molar-refractivity contribution in [1.82, 2.24) is 14.9 Å². The number of piperidine rings is 1. The molecule has 1 aliphatic rings. The van der Waals surface area contributed by atoms with Crippen molar-refractivity contribution in [3.05, 3.63) is 40.9 Å². The van der Waals surface area contributed by atoms with Crippen LogP contribution in [0.25, 0.3) is 10.9 Å². The van der Waals surface area contributed by atoms with Crippen LogP contribution in [-0.2, 0) is 11.3 Å². The van der Waals surface area contributed by atoms with Crippen molar-refractivity contribution < 1.29 is 4.79 Å². The van der Waals surface area contributed by atoms with Gasteiger partial charge in [0, 0.05) is 12.5 Å². The smallest absolute Gasteiger partial charge is 0.261 e. The van der Waals surface area contributed by atoms with Crippen molar-refractivity contribution in [2.24, 2.45) is 0 Å². The fourth-order valence-corrected chi connectivity index (χ4v) is 2.85. The first kappa shape index (κ1) is 20.0. The number of rotatable bonds is 4. The molecule has 126 valence electrons. The summed E-state index contributed by atoms with van der Waals surface area (Å²) in [6.07, 6.45) is 5.34. The molecule has 23 heavy (non-hydrogen) atoms. The van der Waals surface area contributed by atoms with Crippen LogP contribution in [-0.4, -0.2) is 27.9 Å². The van der Waals surface area contributed by atoms with Crippen LogP contribution in [0.2, 0.25) is 0 Å². The van der Waals surface area contributed by atoms with Gasteiger partial charge in [0.15, 0.2) is 5.78 Å². The number of nitrogens with zero attached hydrogens (tertiary/aromatic N) is 2. The molecule has 5 nitrogen and oxygen atoms in total. The number of nitrogens with one attached hydrogen (secondary N) is 1. The van der Waals surface area contributed by atoms with Gasteiger partial charge in [-0.25, -0.2) is 4.98 Å². The van der Waals surface area contributed by atoms with Gasteiger partial charge < -0.3 is 5.32 Å². The molecule has 0 saturated carbocycles. The van der Waals surface area contributed by atoms with E-state index in [-0.39, 0.29) is 57.9 Å². The molecular formula is C16H21Br2N3O2. The molecule has 0 amide bonds. The molecule has 7 heteroatoms. The van der Waals surface area contributed by atoms with Crippen LogP contribution in [0.4, 0.5) is 0 Å². The maximum Gasteiger partial charge on any atom is 0.261 e. The normalized spacial score (nSPS) is 17.1. The summed E-state index contributed by atoms with van der Waals surface area (Å²) in [6.45, 7) is 1.09. The highest BCUT2D eigenvalue weighted by Crippen LogP contribution is 2.11. The minimum atomic E-state index is -0.148. The molecule has 0 radical (unpaired) electrons. The topological polar surface area (TPSA) is 64.0 Å². The van der Waals surface area contributed by atoms with E-state index in [1.54, 1.807) is 12.1 Å². The summed E-state index contributed by atoms with van der Waals surface area (Å²) < 4.78 is 1.41. The van der Waals surface area contributed by atoms with Gasteiger partial charge in [0.2, 0.25) is 0 Å². The number of carbonyl (C=O) groups is 1. The van der Waals surface area contributed by atoms with Gasteiger partial charge >= 0.3 is 0 Å². The Morgan fingerprint density at radius 1 is 1.26 bits per heavy atom. The Balaban J connectivity index is 0.00000132. The molecular weight excluding hydrogens is 426 g/mol. The largest absolute Gasteiger partial charge is 0.314 e. The number of fused-ring (bicyclic) bond motifs is 1.